The maximum absolute atomic E-state index is 5.93. The van der Waals surface area contributed by atoms with E-state index in [1.165, 1.54) is 31.7 Å². The number of unbranched alkanes of at least 4 members (excludes halogenated alkanes) is 3. The molecule has 0 aromatic rings. The summed E-state index contributed by atoms with van der Waals surface area (Å²) in [7, 11) is -0.895. The molecule has 0 rings (SSSR count). The highest BCUT2D eigenvalue weighted by molar-refractivity contribution is 9.09. The minimum Gasteiger partial charge on any atom is -0.420 e. The molecule has 0 heterocycles. The maximum Gasteiger partial charge on any atom is 0.174 e. The van der Waals surface area contributed by atoms with Gasteiger partial charge in [-0.15, -0.1) is 0 Å². The zero-order chi connectivity index (χ0) is 11.7. The molecule has 0 aromatic heterocycles. The fourth-order valence-electron chi connectivity index (χ4n) is 1.76. The Morgan fingerprint density at radius 2 is 1.67 bits per heavy atom. The SMILES string of the molecule is C[SiH](CC(C)(C)C)OCCCCCCBr. The van der Waals surface area contributed by atoms with Crippen molar-refractivity contribution in [3.63, 3.8) is 0 Å². The van der Waals surface area contributed by atoms with Crippen LogP contribution >= 0.6 is 15.9 Å². The summed E-state index contributed by atoms with van der Waals surface area (Å²) < 4.78 is 5.93. The van der Waals surface area contributed by atoms with Gasteiger partial charge in [0.05, 0.1) is 0 Å². The molecule has 0 amide bonds. The van der Waals surface area contributed by atoms with Crippen LogP contribution in [-0.2, 0) is 4.43 Å². The molecule has 0 radical (unpaired) electrons. The van der Waals surface area contributed by atoms with Crippen molar-refractivity contribution >= 4 is 25.0 Å². The third-order valence-electron chi connectivity index (χ3n) is 2.33. The maximum atomic E-state index is 5.93. The minimum atomic E-state index is -0.895. The molecule has 0 bridgehead atoms. The van der Waals surface area contributed by atoms with Gasteiger partial charge < -0.3 is 4.43 Å². The van der Waals surface area contributed by atoms with Crippen LogP contribution < -0.4 is 0 Å². The molecule has 0 aromatic carbocycles. The molecular weight excluding hydrogens is 268 g/mol. The number of alkyl halides is 1. The molecule has 92 valence electrons. The molecular formula is C12H27BrOSi. The number of hydrogen-bond acceptors (Lipinski definition) is 1. The average Bonchev–Trinajstić information content (AvgIpc) is 2.08. The Labute approximate surface area is 106 Å². The van der Waals surface area contributed by atoms with Gasteiger partial charge in [0.1, 0.15) is 0 Å². The third-order valence-corrected chi connectivity index (χ3v) is 5.50. The van der Waals surface area contributed by atoms with Crippen molar-refractivity contribution in [1.29, 1.82) is 0 Å². The van der Waals surface area contributed by atoms with Gasteiger partial charge in [-0.05, 0) is 30.8 Å². The average molecular weight is 295 g/mol. The lowest BCUT2D eigenvalue weighted by Gasteiger charge is -2.22. The monoisotopic (exact) mass is 294 g/mol. The summed E-state index contributed by atoms with van der Waals surface area (Å²) in [4.78, 5) is 0. The lowest BCUT2D eigenvalue weighted by Crippen LogP contribution is -2.21. The van der Waals surface area contributed by atoms with Crippen LogP contribution in [0.25, 0.3) is 0 Å². The van der Waals surface area contributed by atoms with Crippen LogP contribution in [0.1, 0.15) is 46.5 Å². The van der Waals surface area contributed by atoms with Crippen molar-refractivity contribution in [2.24, 2.45) is 5.41 Å². The van der Waals surface area contributed by atoms with Crippen molar-refractivity contribution in [1.82, 2.24) is 0 Å². The Morgan fingerprint density at radius 1 is 1.07 bits per heavy atom. The molecule has 0 saturated carbocycles. The fourth-order valence-corrected chi connectivity index (χ4v) is 4.56. The highest BCUT2D eigenvalue weighted by Crippen LogP contribution is 2.21. The van der Waals surface area contributed by atoms with Crippen LogP contribution in [0, 0.1) is 5.41 Å². The predicted molar refractivity (Wildman–Crippen MR) is 75.5 cm³/mol. The van der Waals surface area contributed by atoms with Gasteiger partial charge in [-0.25, -0.2) is 0 Å². The molecule has 1 atom stereocenters. The van der Waals surface area contributed by atoms with Crippen LogP contribution in [-0.4, -0.2) is 21.0 Å². The number of hydrogen-bond donors (Lipinski definition) is 0. The van der Waals surface area contributed by atoms with Gasteiger partial charge in [-0.2, -0.15) is 0 Å². The van der Waals surface area contributed by atoms with Crippen LogP contribution in [0.3, 0.4) is 0 Å². The van der Waals surface area contributed by atoms with Crippen molar-refractivity contribution in [2.75, 3.05) is 11.9 Å². The van der Waals surface area contributed by atoms with Gasteiger partial charge in [0.15, 0.2) is 9.04 Å². The highest BCUT2D eigenvalue weighted by Gasteiger charge is 2.16. The number of halogens is 1. The van der Waals surface area contributed by atoms with Gasteiger partial charge in [0, 0.05) is 11.9 Å². The third kappa shape index (κ3) is 12.6. The smallest absolute Gasteiger partial charge is 0.174 e. The molecule has 0 aliphatic carbocycles. The second kappa shape index (κ2) is 8.77. The van der Waals surface area contributed by atoms with Crippen molar-refractivity contribution in [2.45, 2.75) is 59.0 Å². The molecule has 3 heteroatoms. The quantitative estimate of drug-likeness (QED) is 0.367. The molecule has 15 heavy (non-hydrogen) atoms. The first kappa shape index (κ1) is 15.7. The first-order chi connectivity index (χ1) is 6.95. The molecule has 1 unspecified atom stereocenters. The van der Waals surface area contributed by atoms with E-state index in [4.69, 9.17) is 4.43 Å². The largest absolute Gasteiger partial charge is 0.420 e. The van der Waals surface area contributed by atoms with E-state index in [0.717, 1.165) is 11.9 Å². The summed E-state index contributed by atoms with van der Waals surface area (Å²) in [6.07, 6.45) is 5.20. The molecule has 0 fully saturated rings. The summed E-state index contributed by atoms with van der Waals surface area (Å²) in [5.41, 5.74) is 0.446. The standard InChI is InChI=1S/C12H27BrOSi/c1-12(2,3)11-15(4)14-10-8-6-5-7-9-13/h15H,5-11H2,1-4H3. The van der Waals surface area contributed by atoms with E-state index in [1.54, 1.807) is 0 Å². The second-order valence-electron chi connectivity index (χ2n) is 5.55. The van der Waals surface area contributed by atoms with Gasteiger partial charge in [0.2, 0.25) is 0 Å². The van der Waals surface area contributed by atoms with E-state index in [9.17, 15) is 0 Å². The fraction of sp³-hybridized carbons (Fsp3) is 1.00. The van der Waals surface area contributed by atoms with Crippen LogP contribution in [0.5, 0.6) is 0 Å². The summed E-state index contributed by atoms with van der Waals surface area (Å²) in [6.45, 7) is 10.2. The summed E-state index contributed by atoms with van der Waals surface area (Å²) >= 11 is 3.45. The molecule has 0 saturated heterocycles. The van der Waals surface area contributed by atoms with Crippen molar-refractivity contribution < 1.29 is 4.43 Å². The van der Waals surface area contributed by atoms with E-state index < -0.39 is 9.04 Å². The summed E-state index contributed by atoms with van der Waals surface area (Å²) in [5.74, 6) is 0. The minimum absolute atomic E-state index is 0.446. The Morgan fingerprint density at radius 3 is 2.20 bits per heavy atom. The van der Waals surface area contributed by atoms with Gasteiger partial charge >= 0.3 is 0 Å². The van der Waals surface area contributed by atoms with E-state index in [2.05, 4.69) is 43.2 Å². The van der Waals surface area contributed by atoms with Gasteiger partial charge in [0.25, 0.3) is 0 Å². The first-order valence-corrected chi connectivity index (χ1v) is 9.69. The Hall–Kier alpha value is 0.657. The van der Waals surface area contributed by atoms with Gasteiger partial charge in [-0.1, -0.05) is 49.5 Å². The van der Waals surface area contributed by atoms with E-state index in [0.29, 0.717) is 5.41 Å². The Kier molecular flexibility index (Phi) is 9.15. The lowest BCUT2D eigenvalue weighted by molar-refractivity contribution is 0.297. The van der Waals surface area contributed by atoms with Crippen molar-refractivity contribution in [3.05, 3.63) is 0 Å². The van der Waals surface area contributed by atoms with Crippen LogP contribution in [0.4, 0.5) is 0 Å². The van der Waals surface area contributed by atoms with Crippen LogP contribution in [0.15, 0.2) is 0 Å². The normalized spacial score (nSPS) is 14.2. The topological polar surface area (TPSA) is 9.23 Å². The van der Waals surface area contributed by atoms with E-state index in [1.807, 2.05) is 0 Å². The summed E-state index contributed by atoms with van der Waals surface area (Å²) in [6, 6.07) is 1.29. The predicted octanol–water partition coefficient (Wildman–Crippen LogP) is 4.36. The molecule has 0 aliphatic heterocycles. The molecule has 1 nitrogen and oxygen atoms in total. The zero-order valence-electron chi connectivity index (χ0n) is 10.8. The van der Waals surface area contributed by atoms with E-state index >= 15 is 0 Å². The Balaban J connectivity index is 3.28. The Bertz CT molecular complexity index is 145. The van der Waals surface area contributed by atoms with E-state index in [-0.39, 0.29) is 0 Å². The van der Waals surface area contributed by atoms with Crippen LogP contribution in [0.2, 0.25) is 12.6 Å². The zero-order valence-corrected chi connectivity index (χ0v) is 13.6. The summed E-state index contributed by atoms with van der Waals surface area (Å²) in [5, 5.41) is 1.14. The second-order valence-corrected chi connectivity index (χ2v) is 8.71. The molecule has 0 N–H and O–H groups in total. The molecule has 0 spiro atoms. The molecule has 0 aliphatic rings. The number of rotatable bonds is 8. The van der Waals surface area contributed by atoms with Gasteiger partial charge in [-0.3, -0.25) is 0 Å². The highest BCUT2D eigenvalue weighted by atomic mass is 79.9. The lowest BCUT2D eigenvalue weighted by atomic mass is 10.0. The van der Waals surface area contributed by atoms with Crippen molar-refractivity contribution in [3.8, 4) is 0 Å². The first-order valence-electron chi connectivity index (χ1n) is 6.13.